The predicted molar refractivity (Wildman–Crippen MR) is 68.3 cm³/mol. The highest BCUT2D eigenvalue weighted by Crippen LogP contribution is 2.27. The van der Waals surface area contributed by atoms with Crippen molar-refractivity contribution in [2.24, 2.45) is 0 Å². The summed E-state index contributed by atoms with van der Waals surface area (Å²) >= 11 is 7.32. The van der Waals surface area contributed by atoms with Crippen LogP contribution in [0.4, 0.5) is 0 Å². The van der Waals surface area contributed by atoms with Crippen molar-refractivity contribution in [2.45, 2.75) is 20.0 Å². The molecule has 0 bridgehead atoms. The van der Waals surface area contributed by atoms with Gasteiger partial charge >= 0.3 is 0 Å². The number of thiazole rings is 1. The Morgan fingerprint density at radius 3 is 2.44 bits per heavy atom. The molecule has 0 saturated carbocycles. The summed E-state index contributed by atoms with van der Waals surface area (Å²) in [4.78, 5) is 4.21. The van der Waals surface area contributed by atoms with Crippen molar-refractivity contribution in [2.75, 3.05) is 0 Å². The molecule has 2 rings (SSSR count). The first kappa shape index (κ1) is 11.4. The highest BCUT2D eigenvalue weighted by molar-refractivity contribution is 7.13. The molecule has 0 aliphatic carbocycles. The molecule has 0 N–H and O–H groups in total. The van der Waals surface area contributed by atoms with Crippen molar-refractivity contribution in [3.8, 4) is 16.3 Å². The number of nitrogens with zero attached hydrogens (tertiary/aromatic N) is 1. The first-order chi connectivity index (χ1) is 7.65. The molecule has 1 aromatic carbocycles. The molecule has 0 spiro atoms. The third-order valence-electron chi connectivity index (χ3n) is 1.95. The maximum atomic E-state index is 5.79. The molecular formula is C12H12ClNOS. The minimum Gasteiger partial charge on any atom is -0.491 e. The largest absolute Gasteiger partial charge is 0.491 e. The number of rotatable bonds is 3. The average Bonchev–Trinajstić information content (AvgIpc) is 2.65. The number of ether oxygens (including phenoxy) is 1. The topological polar surface area (TPSA) is 22.1 Å². The first-order valence-corrected chi connectivity index (χ1v) is 6.29. The monoisotopic (exact) mass is 253 g/mol. The van der Waals surface area contributed by atoms with Crippen LogP contribution >= 0.6 is 22.9 Å². The summed E-state index contributed by atoms with van der Waals surface area (Å²) in [7, 11) is 0. The normalized spacial score (nSPS) is 10.8. The van der Waals surface area contributed by atoms with Crippen LogP contribution in [0.5, 0.6) is 5.75 Å². The Morgan fingerprint density at radius 1 is 1.25 bits per heavy atom. The van der Waals surface area contributed by atoms with Crippen LogP contribution in [-0.4, -0.2) is 11.1 Å². The molecule has 1 heterocycles. The van der Waals surface area contributed by atoms with Crippen molar-refractivity contribution in [3.05, 3.63) is 34.8 Å². The highest BCUT2D eigenvalue weighted by atomic mass is 35.5. The van der Waals surface area contributed by atoms with Crippen molar-refractivity contribution in [1.82, 2.24) is 4.98 Å². The number of benzene rings is 1. The Morgan fingerprint density at radius 2 is 1.94 bits per heavy atom. The fourth-order valence-corrected chi connectivity index (χ4v) is 2.29. The van der Waals surface area contributed by atoms with Gasteiger partial charge in [0, 0.05) is 10.9 Å². The van der Waals surface area contributed by atoms with Crippen molar-refractivity contribution in [3.63, 3.8) is 0 Å². The lowest BCUT2D eigenvalue weighted by Gasteiger charge is -2.09. The molecule has 0 unspecified atom stereocenters. The van der Waals surface area contributed by atoms with E-state index in [0.29, 0.717) is 5.15 Å². The van der Waals surface area contributed by atoms with E-state index in [4.69, 9.17) is 16.3 Å². The lowest BCUT2D eigenvalue weighted by molar-refractivity contribution is 0.242. The van der Waals surface area contributed by atoms with Crippen LogP contribution < -0.4 is 4.74 Å². The van der Waals surface area contributed by atoms with Gasteiger partial charge in [0.2, 0.25) is 0 Å². The minimum absolute atomic E-state index is 0.195. The fraction of sp³-hybridized carbons (Fsp3) is 0.250. The third-order valence-corrected chi connectivity index (χ3v) is 3.16. The Bertz CT molecular complexity index is 464. The lowest BCUT2D eigenvalue weighted by Crippen LogP contribution is -2.05. The number of hydrogen-bond acceptors (Lipinski definition) is 3. The van der Waals surface area contributed by atoms with Gasteiger partial charge in [0.05, 0.1) is 6.10 Å². The van der Waals surface area contributed by atoms with Crippen LogP contribution in [0.25, 0.3) is 10.6 Å². The second kappa shape index (κ2) is 4.85. The quantitative estimate of drug-likeness (QED) is 0.816. The maximum Gasteiger partial charge on any atom is 0.140 e. The summed E-state index contributed by atoms with van der Waals surface area (Å²) in [6.07, 6.45) is 0.195. The van der Waals surface area contributed by atoms with Crippen molar-refractivity contribution in [1.29, 1.82) is 0 Å². The van der Waals surface area contributed by atoms with E-state index in [1.807, 2.05) is 43.5 Å². The molecule has 2 aromatic rings. The molecule has 0 aliphatic heterocycles. The molecule has 0 aliphatic rings. The van der Waals surface area contributed by atoms with Gasteiger partial charge in [-0.25, -0.2) is 4.98 Å². The molecule has 0 amide bonds. The molecule has 0 saturated heterocycles. The van der Waals surface area contributed by atoms with E-state index in [1.54, 1.807) is 0 Å². The van der Waals surface area contributed by atoms with Gasteiger partial charge in [0.1, 0.15) is 15.9 Å². The standard InChI is InChI=1S/C12H12ClNOS/c1-8(2)15-10-5-3-9(4-6-10)12-14-11(13)7-16-12/h3-8H,1-2H3. The molecule has 0 radical (unpaired) electrons. The van der Waals surface area contributed by atoms with Gasteiger partial charge in [-0.1, -0.05) is 11.6 Å². The van der Waals surface area contributed by atoms with E-state index in [2.05, 4.69) is 4.98 Å². The van der Waals surface area contributed by atoms with E-state index in [9.17, 15) is 0 Å². The van der Waals surface area contributed by atoms with E-state index >= 15 is 0 Å². The fourth-order valence-electron chi connectivity index (χ4n) is 1.33. The molecule has 1 aromatic heterocycles. The molecular weight excluding hydrogens is 242 g/mol. The SMILES string of the molecule is CC(C)Oc1ccc(-c2nc(Cl)cs2)cc1. The number of hydrogen-bond donors (Lipinski definition) is 0. The second-order valence-electron chi connectivity index (χ2n) is 3.67. The van der Waals surface area contributed by atoms with E-state index in [0.717, 1.165) is 16.3 Å². The number of halogens is 1. The van der Waals surface area contributed by atoms with Crippen LogP contribution in [0, 0.1) is 0 Å². The van der Waals surface area contributed by atoms with E-state index in [1.165, 1.54) is 11.3 Å². The summed E-state index contributed by atoms with van der Waals surface area (Å²) < 4.78 is 5.57. The zero-order valence-corrected chi connectivity index (χ0v) is 10.7. The Labute approximate surface area is 104 Å². The van der Waals surface area contributed by atoms with Gasteiger partial charge in [0.25, 0.3) is 0 Å². The molecule has 16 heavy (non-hydrogen) atoms. The summed E-state index contributed by atoms with van der Waals surface area (Å²) in [5.74, 6) is 0.876. The minimum atomic E-state index is 0.195. The number of aromatic nitrogens is 1. The molecule has 0 fully saturated rings. The Hall–Kier alpha value is -1.06. The zero-order valence-electron chi connectivity index (χ0n) is 9.11. The van der Waals surface area contributed by atoms with Crippen LogP contribution in [0.15, 0.2) is 29.6 Å². The average molecular weight is 254 g/mol. The maximum absolute atomic E-state index is 5.79. The first-order valence-electron chi connectivity index (χ1n) is 5.03. The zero-order chi connectivity index (χ0) is 11.5. The van der Waals surface area contributed by atoms with Crippen molar-refractivity contribution < 1.29 is 4.74 Å². The van der Waals surface area contributed by atoms with Crippen LogP contribution in [0.3, 0.4) is 0 Å². The smallest absolute Gasteiger partial charge is 0.140 e. The summed E-state index contributed by atoms with van der Waals surface area (Å²) in [6.45, 7) is 4.02. The Kier molecular flexibility index (Phi) is 3.46. The van der Waals surface area contributed by atoms with Crippen molar-refractivity contribution >= 4 is 22.9 Å². The van der Waals surface area contributed by atoms with Gasteiger partial charge in [-0.05, 0) is 38.1 Å². The molecule has 2 nitrogen and oxygen atoms in total. The van der Waals surface area contributed by atoms with E-state index in [-0.39, 0.29) is 6.10 Å². The summed E-state index contributed by atoms with van der Waals surface area (Å²) in [5, 5.41) is 3.30. The summed E-state index contributed by atoms with van der Waals surface area (Å²) in [6, 6.07) is 7.88. The predicted octanol–water partition coefficient (Wildman–Crippen LogP) is 4.25. The molecule has 84 valence electrons. The summed E-state index contributed by atoms with van der Waals surface area (Å²) in [5.41, 5.74) is 1.06. The van der Waals surface area contributed by atoms with Gasteiger partial charge < -0.3 is 4.74 Å². The van der Waals surface area contributed by atoms with Gasteiger partial charge in [-0.3, -0.25) is 0 Å². The highest BCUT2D eigenvalue weighted by Gasteiger charge is 2.04. The molecule has 4 heteroatoms. The van der Waals surface area contributed by atoms with Crippen LogP contribution in [0.2, 0.25) is 5.15 Å². The van der Waals surface area contributed by atoms with Crippen LogP contribution in [0.1, 0.15) is 13.8 Å². The molecule has 0 atom stereocenters. The second-order valence-corrected chi connectivity index (χ2v) is 4.91. The van der Waals surface area contributed by atoms with Gasteiger partial charge in [0.15, 0.2) is 0 Å². The van der Waals surface area contributed by atoms with Gasteiger partial charge in [-0.15, -0.1) is 11.3 Å². The Balaban J connectivity index is 2.19. The van der Waals surface area contributed by atoms with E-state index < -0.39 is 0 Å². The van der Waals surface area contributed by atoms with Gasteiger partial charge in [-0.2, -0.15) is 0 Å². The van der Waals surface area contributed by atoms with Crippen LogP contribution in [-0.2, 0) is 0 Å². The third kappa shape index (κ3) is 2.74. The lowest BCUT2D eigenvalue weighted by atomic mass is 10.2.